The third-order valence-electron chi connectivity index (χ3n) is 2.81. The Hall–Kier alpha value is -1.98. The van der Waals surface area contributed by atoms with E-state index in [9.17, 15) is 4.39 Å². The van der Waals surface area contributed by atoms with Gasteiger partial charge in [-0.2, -0.15) is 0 Å². The molecule has 0 atom stereocenters. The van der Waals surface area contributed by atoms with Gasteiger partial charge in [-0.15, -0.1) is 11.6 Å². The van der Waals surface area contributed by atoms with Gasteiger partial charge in [0, 0.05) is 5.56 Å². The van der Waals surface area contributed by atoms with E-state index in [2.05, 4.69) is 11.8 Å². The molecule has 0 radical (unpaired) electrons. The molecule has 0 amide bonds. The molecular formula is C17H14ClFO. The third kappa shape index (κ3) is 4.01. The van der Waals surface area contributed by atoms with Crippen LogP contribution in [0.2, 0.25) is 0 Å². The smallest absolute Gasteiger partial charge is 0.123 e. The average molecular weight is 289 g/mol. The molecule has 0 saturated carbocycles. The number of hydrogen-bond acceptors (Lipinski definition) is 1. The normalized spacial score (nSPS) is 9.75. The zero-order chi connectivity index (χ0) is 14.4. The minimum absolute atomic E-state index is 0.244. The van der Waals surface area contributed by atoms with Crippen molar-refractivity contribution in [1.82, 2.24) is 0 Å². The zero-order valence-electron chi connectivity index (χ0n) is 11.1. The molecule has 0 unspecified atom stereocenters. The minimum Gasteiger partial charge on any atom is -0.489 e. The fraction of sp³-hybridized carbons (Fsp3) is 0.176. The molecule has 0 aliphatic rings. The van der Waals surface area contributed by atoms with Crippen LogP contribution in [-0.2, 0) is 6.61 Å². The predicted molar refractivity (Wildman–Crippen MR) is 79.5 cm³/mol. The zero-order valence-corrected chi connectivity index (χ0v) is 11.9. The fourth-order valence-electron chi connectivity index (χ4n) is 1.74. The first-order valence-corrected chi connectivity index (χ1v) is 6.75. The lowest BCUT2D eigenvalue weighted by Crippen LogP contribution is -1.96. The van der Waals surface area contributed by atoms with Gasteiger partial charge in [-0.3, -0.25) is 0 Å². The van der Waals surface area contributed by atoms with Gasteiger partial charge in [-0.05, 0) is 48.4 Å². The van der Waals surface area contributed by atoms with Crippen LogP contribution in [0.4, 0.5) is 4.39 Å². The van der Waals surface area contributed by atoms with Crippen molar-refractivity contribution < 1.29 is 9.13 Å². The second-order valence-corrected chi connectivity index (χ2v) is 4.59. The van der Waals surface area contributed by atoms with E-state index in [4.69, 9.17) is 16.3 Å². The summed E-state index contributed by atoms with van der Waals surface area (Å²) >= 11 is 5.54. The average Bonchev–Trinajstić information content (AvgIpc) is 2.46. The van der Waals surface area contributed by atoms with Gasteiger partial charge in [0.1, 0.15) is 18.2 Å². The van der Waals surface area contributed by atoms with Gasteiger partial charge >= 0.3 is 0 Å². The monoisotopic (exact) mass is 288 g/mol. The van der Waals surface area contributed by atoms with Crippen LogP contribution >= 0.6 is 11.6 Å². The molecule has 1 nitrogen and oxygen atoms in total. The van der Waals surface area contributed by atoms with Crippen LogP contribution in [0.5, 0.6) is 5.75 Å². The van der Waals surface area contributed by atoms with E-state index in [1.54, 1.807) is 12.1 Å². The Kier molecular flexibility index (Phi) is 5.03. The first kappa shape index (κ1) is 14.4. The quantitative estimate of drug-likeness (QED) is 0.604. The van der Waals surface area contributed by atoms with Crippen molar-refractivity contribution >= 4 is 11.6 Å². The highest BCUT2D eigenvalue weighted by Crippen LogP contribution is 2.18. The summed E-state index contributed by atoms with van der Waals surface area (Å²) in [6.07, 6.45) is 0. The molecule has 2 rings (SSSR count). The minimum atomic E-state index is -0.244. The van der Waals surface area contributed by atoms with E-state index in [1.165, 1.54) is 12.1 Å². The predicted octanol–water partition coefficient (Wildman–Crippen LogP) is 4.30. The number of benzene rings is 2. The van der Waals surface area contributed by atoms with Crippen molar-refractivity contribution in [1.29, 1.82) is 0 Å². The molecule has 0 N–H and O–H groups in total. The SMILES string of the molecule is Cc1cc(OCc2ccc(F)cc2)ccc1C#CCCl. The summed E-state index contributed by atoms with van der Waals surface area (Å²) in [6.45, 7) is 2.38. The lowest BCUT2D eigenvalue weighted by atomic mass is 10.1. The largest absolute Gasteiger partial charge is 0.489 e. The molecule has 0 aliphatic heterocycles. The molecule has 0 aromatic heterocycles. The van der Waals surface area contributed by atoms with Crippen LogP contribution in [0.15, 0.2) is 42.5 Å². The van der Waals surface area contributed by atoms with Gasteiger partial charge < -0.3 is 4.74 Å². The molecular weight excluding hydrogens is 275 g/mol. The number of halogens is 2. The highest BCUT2D eigenvalue weighted by Gasteiger charge is 2.00. The summed E-state index contributed by atoms with van der Waals surface area (Å²) in [5.41, 5.74) is 2.91. The summed E-state index contributed by atoms with van der Waals surface area (Å²) in [5.74, 6) is 6.66. The number of ether oxygens (including phenoxy) is 1. The van der Waals surface area contributed by atoms with Gasteiger partial charge in [-0.1, -0.05) is 24.0 Å². The van der Waals surface area contributed by atoms with Crippen molar-refractivity contribution in [3.63, 3.8) is 0 Å². The molecule has 20 heavy (non-hydrogen) atoms. The maximum atomic E-state index is 12.8. The van der Waals surface area contributed by atoms with Crippen LogP contribution in [-0.4, -0.2) is 5.88 Å². The van der Waals surface area contributed by atoms with Crippen molar-refractivity contribution in [2.24, 2.45) is 0 Å². The number of alkyl halides is 1. The second-order valence-electron chi connectivity index (χ2n) is 4.33. The molecule has 0 saturated heterocycles. The Morgan fingerprint density at radius 2 is 1.90 bits per heavy atom. The second kappa shape index (κ2) is 6.98. The number of aryl methyl sites for hydroxylation is 1. The Bertz CT molecular complexity index is 638. The van der Waals surface area contributed by atoms with E-state index in [0.717, 1.165) is 22.4 Å². The molecule has 2 aromatic carbocycles. The van der Waals surface area contributed by atoms with Crippen LogP contribution in [0.25, 0.3) is 0 Å². The standard InChI is InChI=1S/C17H14ClFO/c1-13-11-17(9-6-15(13)3-2-10-18)20-12-14-4-7-16(19)8-5-14/h4-9,11H,10,12H2,1H3. The molecule has 2 aromatic rings. The van der Waals surface area contributed by atoms with Crippen molar-refractivity contribution in [2.45, 2.75) is 13.5 Å². The molecule has 102 valence electrons. The Labute approximate surface area is 123 Å². The summed E-state index contributed by atoms with van der Waals surface area (Å²) in [6, 6.07) is 12.0. The summed E-state index contributed by atoms with van der Waals surface area (Å²) < 4.78 is 18.5. The van der Waals surface area contributed by atoms with E-state index >= 15 is 0 Å². The van der Waals surface area contributed by atoms with Gasteiger partial charge in [0.2, 0.25) is 0 Å². The van der Waals surface area contributed by atoms with E-state index in [-0.39, 0.29) is 5.82 Å². The first-order chi connectivity index (χ1) is 9.69. The van der Waals surface area contributed by atoms with E-state index in [0.29, 0.717) is 12.5 Å². The van der Waals surface area contributed by atoms with Crippen molar-refractivity contribution in [3.8, 4) is 17.6 Å². The lowest BCUT2D eigenvalue weighted by Gasteiger charge is -2.08. The van der Waals surface area contributed by atoms with Crippen LogP contribution in [0.3, 0.4) is 0 Å². The van der Waals surface area contributed by atoms with E-state index < -0.39 is 0 Å². The van der Waals surface area contributed by atoms with Crippen LogP contribution in [0.1, 0.15) is 16.7 Å². The summed E-state index contributed by atoms with van der Waals surface area (Å²) in [5, 5.41) is 0. The molecule has 0 aliphatic carbocycles. The summed E-state index contributed by atoms with van der Waals surface area (Å²) in [7, 11) is 0. The Morgan fingerprint density at radius 3 is 2.55 bits per heavy atom. The fourth-order valence-corrected chi connectivity index (χ4v) is 1.81. The maximum Gasteiger partial charge on any atom is 0.123 e. The molecule has 0 heterocycles. The van der Waals surface area contributed by atoms with Crippen LogP contribution in [0, 0.1) is 24.6 Å². The highest BCUT2D eigenvalue weighted by atomic mass is 35.5. The topological polar surface area (TPSA) is 9.23 Å². The molecule has 0 fully saturated rings. The molecule has 0 bridgehead atoms. The van der Waals surface area contributed by atoms with Crippen molar-refractivity contribution in [3.05, 3.63) is 65.0 Å². The van der Waals surface area contributed by atoms with Gasteiger partial charge in [0.25, 0.3) is 0 Å². The molecule has 3 heteroatoms. The molecule has 0 spiro atoms. The van der Waals surface area contributed by atoms with Gasteiger partial charge in [0.05, 0.1) is 5.88 Å². The first-order valence-electron chi connectivity index (χ1n) is 6.22. The third-order valence-corrected chi connectivity index (χ3v) is 2.94. The Balaban J connectivity index is 2.03. The van der Waals surface area contributed by atoms with E-state index in [1.807, 2.05) is 25.1 Å². The number of hydrogen-bond donors (Lipinski definition) is 0. The number of rotatable bonds is 3. The van der Waals surface area contributed by atoms with Gasteiger partial charge in [0.15, 0.2) is 0 Å². The highest BCUT2D eigenvalue weighted by molar-refractivity contribution is 6.19. The maximum absolute atomic E-state index is 12.8. The van der Waals surface area contributed by atoms with Crippen molar-refractivity contribution in [2.75, 3.05) is 5.88 Å². The Morgan fingerprint density at radius 1 is 1.15 bits per heavy atom. The summed E-state index contributed by atoms with van der Waals surface area (Å²) in [4.78, 5) is 0. The lowest BCUT2D eigenvalue weighted by molar-refractivity contribution is 0.306. The van der Waals surface area contributed by atoms with Gasteiger partial charge in [-0.25, -0.2) is 4.39 Å². The van der Waals surface area contributed by atoms with Crippen LogP contribution < -0.4 is 4.74 Å².